The van der Waals surface area contributed by atoms with Crippen LogP contribution in [0.25, 0.3) is 11.0 Å². The molecular formula is C17H19N3O. The average Bonchev–Trinajstić information content (AvgIpc) is 2.84. The lowest BCUT2D eigenvalue weighted by Crippen LogP contribution is -2.39. The van der Waals surface area contributed by atoms with Crippen molar-refractivity contribution in [1.82, 2.24) is 9.55 Å². The standard InChI is InChI=1S/C17H19N3O/c1-13-19-15-9-5-6-10-16(15)20(13)12-17(21,11-18)14-7-3-2-4-8-14/h2-10,21H,11-12,18H2,1H3. The van der Waals surface area contributed by atoms with E-state index in [4.69, 9.17) is 5.73 Å². The molecule has 3 rings (SSSR count). The monoisotopic (exact) mass is 281 g/mol. The molecule has 0 saturated carbocycles. The maximum atomic E-state index is 11.0. The quantitative estimate of drug-likeness (QED) is 0.770. The molecule has 21 heavy (non-hydrogen) atoms. The van der Waals surface area contributed by atoms with E-state index in [9.17, 15) is 5.11 Å². The second kappa shape index (κ2) is 5.31. The number of aliphatic hydroxyl groups is 1. The van der Waals surface area contributed by atoms with Gasteiger partial charge in [-0.1, -0.05) is 42.5 Å². The van der Waals surface area contributed by atoms with Crippen molar-refractivity contribution < 1.29 is 5.11 Å². The number of benzene rings is 2. The van der Waals surface area contributed by atoms with Gasteiger partial charge in [-0.15, -0.1) is 0 Å². The number of aromatic nitrogens is 2. The van der Waals surface area contributed by atoms with Crippen LogP contribution >= 0.6 is 0 Å². The molecule has 0 amide bonds. The number of para-hydroxylation sites is 2. The van der Waals surface area contributed by atoms with Crippen molar-refractivity contribution in [3.05, 3.63) is 66.0 Å². The highest BCUT2D eigenvalue weighted by molar-refractivity contribution is 5.75. The molecule has 0 aliphatic heterocycles. The highest BCUT2D eigenvalue weighted by atomic mass is 16.3. The Morgan fingerprint density at radius 1 is 1.10 bits per heavy atom. The Hall–Kier alpha value is -2.17. The first-order valence-electron chi connectivity index (χ1n) is 7.04. The molecule has 3 aromatic rings. The van der Waals surface area contributed by atoms with E-state index in [0.29, 0.717) is 6.54 Å². The molecule has 108 valence electrons. The summed E-state index contributed by atoms with van der Waals surface area (Å²) in [7, 11) is 0. The molecule has 0 aliphatic rings. The lowest BCUT2D eigenvalue weighted by Gasteiger charge is -2.28. The van der Waals surface area contributed by atoms with Gasteiger partial charge in [0.25, 0.3) is 0 Å². The van der Waals surface area contributed by atoms with Crippen molar-refractivity contribution in [2.75, 3.05) is 6.54 Å². The summed E-state index contributed by atoms with van der Waals surface area (Å²) in [5.74, 6) is 0.874. The average molecular weight is 281 g/mol. The second-order valence-electron chi connectivity index (χ2n) is 5.34. The van der Waals surface area contributed by atoms with E-state index in [1.807, 2.05) is 66.1 Å². The number of hydrogen-bond donors (Lipinski definition) is 2. The van der Waals surface area contributed by atoms with Crippen LogP contribution in [0.2, 0.25) is 0 Å². The predicted octanol–water partition coefficient (Wildman–Crippen LogP) is 2.19. The number of hydrogen-bond acceptors (Lipinski definition) is 3. The summed E-state index contributed by atoms with van der Waals surface area (Å²) in [5.41, 5.74) is 7.53. The smallest absolute Gasteiger partial charge is 0.120 e. The van der Waals surface area contributed by atoms with Gasteiger partial charge in [0.05, 0.1) is 17.6 Å². The first kappa shape index (κ1) is 13.8. The Morgan fingerprint density at radius 2 is 1.76 bits per heavy atom. The van der Waals surface area contributed by atoms with Crippen LogP contribution in [0, 0.1) is 6.92 Å². The van der Waals surface area contributed by atoms with E-state index in [1.54, 1.807) is 0 Å². The zero-order valence-corrected chi connectivity index (χ0v) is 12.0. The summed E-state index contributed by atoms with van der Waals surface area (Å²) < 4.78 is 2.02. The SMILES string of the molecule is Cc1nc2ccccc2n1CC(O)(CN)c1ccccc1. The minimum Gasteiger partial charge on any atom is -0.382 e. The molecule has 4 heteroatoms. The first-order chi connectivity index (χ1) is 10.1. The maximum absolute atomic E-state index is 11.0. The van der Waals surface area contributed by atoms with Crippen LogP contribution in [0.1, 0.15) is 11.4 Å². The Balaban J connectivity index is 2.06. The van der Waals surface area contributed by atoms with Crippen molar-refractivity contribution >= 4 is 11.0 Å². The summed E-state index contributed by atoms with van der Waals surface area (Å²) in [6.07, 6.45) is 0. The van der Waals surface area contributed by atoms with Gasteiger partial charge in [0.15, 0.2) is 0 Å². The van der Waals surface area contributed by atoms with Crippen molar-refractivity contribution in [3.8, 4) is 0 Å². The number of nitrogens with zero attached hydrogens (tertiary/aromatic N) is 2. The lowest BCUT2D eigenvalue weighted by molar-refractivity contribution is 0.0280. The molecule has 0 fully saturated rings. The minimum atomic E-state index is -1.10. The molecular weight excluding hydrogens is 262 g/mol. The van der Waals surface area contributed by atoms with Gasteiger partial charge in [-0.3, -0.25) is 0 Å². The van der Waals surface area contributed by atoms with Crippen molar-refractivity contribution in [2.24, 2.45) is 5.73 Å². The number of imidazole rings is 1. The molecule has 1 aromatic heterocycles. The molecule has 1 heterocycles. The maximum Gasteiger partial charge on any atom is 0.120 e. The Bertz CT molecular complexity index is 751. The summed E-state index contributed by atoms with van der Waals surface area (Å²) in [6.45, 7) is 2.49. The molecule has 3 N–H and O–H groups in total. The zero-order valence-electron chi connectivity index (χ0n) is 12.0. The summed E-state index contributed by atoms with van der Waals surface area (Å²) in [6, 6.07) is 17.5. The highest BCUT2D eigenvalue weighted by Crippen LogP contribution is 2.25. The van der Waals surface area contributed by atoms with Gasteiger partial charge in [-0.05, 0) is 24.6 Å². The van der Waals surface area contributed by atoms with Crippen LogP contribution in [0.15, 0.2) is 54.6 Å². The summed E-state index contributed by atoms with van der Waals surface area (Å²) in [5, 5.41) is 11.0. The third-order valence-electron chi connectivity index (χ3n) is 3.91. The Morgan fingerprint density at radius 3 is 2.48 bits per heavy atom. The molecule has 0 aliphatic carbocycles. The largest absolute Gasteiger partial charge is 0.382 e. The van der Waals surface area contributed by atoms with E-state index in [2.05, 4.69) is 4.98 Å². The van der Waals surface area contributed by atoms with Gasteiger partial charge >= 0.3 is 0 Å². The Labute approximate surface area is 123 Å². The third-order valence-corrected chi connectivity index (χ3v) is 3.91. The lowest BCUT2D eigenvalue weighted by atomic mass is 9.93. The minimum absolute atomic E-state index is 0.156. The fourth-order valence-electron chi connectivity index (χ4n) is 2.68. The van der Waals surface area contributed by atoms with Gasteiger partial charge in [0.2, 0.25) is 0 Å². The highest BCUT2D eigenvalue weighted by Gasteiger charge is 2.29. The van der Waals surface area contributed by atoms with Crippen molar-refractivity contribution in [2.45, 2.75) is 19.1 Å². The van der Waals surface area contributed by atoms with Crippen LogP contribution in [0.5, 0.6) is 0 Å². The molecule has 2 aromatic carbocycles. The normalized spacial score (nSPS) is 14.2. The van der Waals surface area contributed by atoms with E-state index in [1.165, 1.54) is 0 Å². The molecule has 0 radical (unpaired) electrons. The van der Waals surface area contributed by atoms with Gasteiger partial charge in [0, 0.05) is 6.54 Å². The van der Waals surface area contributed by atoms with Crippen LogP contribution in [0.3, 0.4) is 0 Å². The molecule has 0 bridgehead atoms. The number of rotatable bonds is 4. The fourth-order valence-corrected chi connectivity index (χ4v) is 2.68. The molecule has 0 spiro atoms. The van der Waals surface area contributed by atoms with Gasteiger partial charge in [-0.25, -0.2) is 4.98 Å². The van der Waals surface area contributed by atoms with E-state index < -0.39 is 5.60 Å². The van der Waals surface area contributed by atoms with Crippen LogP contribution < -0.4 is 5.73 Å². The summed E-state index contributed by atoms with van der Waals surface area (Å²) in [4.78, 5) is 4.54. The fraction of sp³-hybridized carbons (Fsp3) is 0.235. The molecule has 1 atom stereocenters. The van der Waals surface area contributed by atoms with Crippen LogP contribution in [0.4, 0.5) is 0 Å². The van der Waals surface area contributed by atoms with Gasteiger partial charge < -0.3 is 15.4 Å². The van der Waals surface area contributed by atoms with Crippen LogP contribution in [-0.2, 0) is 12.1 Å². The molecule has 4 nitrogen and oxygen atoms in total. The Kier molecular flexibility index (Phi) is 3.49. The number of aryl methyl sites for hydroxylation is 1. The zero-order chi connectivity index (χ0) is 14.9. The molecule has 1 unspecified atom stereocenters. The predicted molar refractivity (Wildman–Crippen MR) is 83.9 cm³/mol. The summed E-state index contributed by atoms with van der Waals surface area (Å²) >= 11 is 0. The van der Waals surface area contributed by atoms with E-state index in [0.717, 1.165) is 22.4 Å². The van der Waals surface area contributed by atoms with E-state index in [-0.39, 0.29) is 6.54 Å². The second-order valence-corrected chi connectivity index (χ2v) is 5.34. The number of nitrogens with two attached hydrogens (primary N) is 1. The third kappa shape index (κ3) is 2.44. The topological polar surface area (TPSA) is 64.1 Å². The first-order valence-corrected chi connectivity index (χ1v) is 7.04. The van der Waals surface area contributed by atoms with E-state index >= 15 is 0 Å². The van der Waals surface area contributed by atoms with Crippen LogP contribution in [-0.4, -0.2) is 21.2 Å². The van der Waals surface area contributed by atoms with Crippen molar-refractivity contribution in [3.63, 3.8) is 0 Å². The number of fused-ring (bicyclic) bond motifs is 1. The molecule has 0 saturated heterocycles. The van der Waals surface area contributed by atoms with Gasteiger partial charge in [-0.2, -0.15) is 0 Å². The van der Waals surface area contributed by atoms with Gasteiger partial charge in [0.1, 0.15) is 11.4 Å². The van der Waals surface area contributed by atoms with Crippen molar-refractivity contribution in [1.29, 1.82) is 0 Å².